The number of allylic oxidation sites excluding steroid dienone is 1. The topological polar surface area (TPSA) is 61.9 Å². The summed E-state index contributed by atoms with van der Waals surface area (Å²) in [5, 5.41) is 2.79. The van der Waals surface area contributed by atoms with Crippen molar-refractivity contribution >= 4 is 11.8 Å². The van der Waals surface area contributed by atoms with Crippen molar-refractivity contribution in [1.82, 2.24) is 15.1 Å². The van der Waals surface area contributed by atoms with E-state index in [1.54, 1.807) is 4.90 Å². The van der Waals surface area contributed by atoms with Crippen LogP contribution in [-0.2, 0) is 11.3 Å². The van der Waals surface area contributed by atoms with E-state index in [9.17, 15) is 9.59 Å². The number of ether oxygens (including phenoxy) is 1. The Bertz CT molecular complexity index is 861. The van der Waals surface area contributed by atoms with Crippen molar-refractivity contribution < 1.29 is 14.3 Å². The van der Waals surface area contributed by atoms with Crippen molar-refractivity contribution in [3.63, 3.8) is 0 Å². The monoisotopic (exact) mass is 395 g/mol. The maximum absolute atomic E-state index is 12.9. The average Bonchev–Trinajstić information content (AvgIpc) is 3.24. The van der Waals surface area contributed by atoms with Gasteiger partial charge in [0.2, 0.25) is 5.91 Å². The number of nitrogens with one attached hydrogen (secondary N) is 1. The third-order valence-electron chi connectivity index (χ3n) is 6.87. The largest absolute Gasteiger partial charge is 0.489 e. The summed E-state index contributed by atoms with van der Waals surface area (Å²) in [6.07, 6.45) is 5.07. The fourth-order valence-corrected chi connectivity index (χ4v) is 5.36. The number of carbonyl (C=O) groups is 2. The van der Waals surface area contributed by atoms with Gasteiger partial charge in [0.05, 0.1) is 0 Å². The average molecular weight is 396 g/mol. The molecule has 1 aliphatic carbocycles. The Morgan fingerprint density at radius 1 is 1.17 bits per heavy atom. The van der Waals surface area contributed by atoms with Gasteiger partial charge in [-0.05, 0) is 61.8 Å². The second kappa shape index (κ2) is 7.17. The van der Waals surface area contributed by atoms with E-state index in [1.807, 2.05) is 18.2 Å². The number of carbonyl (C=O) groups excluding carboxylic acids is 2. The number of likely N-dealkylation sites (tertiary alicyclic amines) is 1. The molecule has 6 nitrogen and oxygen atoms in total. The van der Waals surface area contributed by atoms with E-state index in [-0.39, 0.29) is 17.9 Å². The van der Waals surface area contributed by atoms with Gasteiger partial charge in [-0.3, -0.25) is 14.5 Å². The molecule has 29 heavy (non-hydrogen) atoms. The standard InChI is InChI=1S/C23H29N3O3/c1-14-11-25(12-14)19-4-3-5-21(19)29-17-7-8-18-16(10-17)13-26(23(18)28)20-9-6-15(2)24-22(20)27/h7-8,10,14,19-21H,2-6,9,11-13H2,1H3,(H,24,27)/t19-,20?,21+/m0/s1. The molecule has 2 saturated heterocycles. The molecule has 6 heteroatoms. The van der Waals surface area contributed by atoms with Gasteiger partial charge in [-0.25, -0.2) is 0 Å². The van der Waals surface area contributed by atoms with E-state index in [0.717, 1.165) is 29.3 Å². The smallest absolute Gasteiger partial charge is 0.255 e. The normalized spacial score (nSPS) is 30.3. The molecule has 3 heterocycles. The molecular formula is C23H29N3O3. The van der Waals surface area contributed by atoms with Crippen molar-refractivity contribution in [1.29, 1.82) is 0 Å². The van der Waals surface area contributed by atoms with Crippen LogP contribution >= 0.6 is 0 Å². The molecule has 1 saturated carbocycles. The van der Waals surface area contributed by atoms with Gasteiger partial charge in [0.25, 0.3) is 5.91 Å². The molecule has 1 N–H and O–H groups in total. The summed E-state index contributed by atoms with van der Waals surface area (Å²) < 4.78 is 6.39. The van der Waals surface area contributed by atoms with Crippen LogP contribution in [0.5, 0.6) is 5.75 Å². The predicted molar refractivity (Wildman–Crippen MR) is 109 cm³/mol. The van der Waals surface area contributed by atoms with E-state index in [0.29, 0.717) is 31.0 Å². The Kier molecular flexibility index (Phi) is 4.62. The highest BCUT2D eigenvalue weighted by atomic mass is 16.5. The molecule has 0 radical (unpaired) electrons. The fourth-order valence-electron chi connectivity index (χ4n) is 5.36. The van der Waals surface area contributed by atoms with Gasteiger partial charge in [0.1, 0.15) is 17.9 Å². The van der Waals surface area contributed by atoms with Crippen LogP contribution in [0.1, 0.15) is 54.9 Å². The first-order valence-corrected chi connectivity index (χ1v) is 10.8. The summed E-state index contributed by atoms with van der Waals surface area (Å²) >= 11 is 0. The molecule has 4 aliphatic rings. The first-order valence-electron chi connectivity index (χ1n) is 10.8. The van der Waals surface area contributed by atoms with Crippen LogP contribution in [0.25, 0.3) is 0 Å². The molecule has 1 unspecified atom stereocenters. The summed E-state index contributed by atoms with van der Waals surface area (Å²) in [7, 11) is 0. The number of hydrogen-bond donors (Lipinski definition) is 1. The summed E-state index contributed by atoms with van der Waals surface area (Å²) in [4.78, 5) is 29.5. The lowest BCUT2D eigenvalue weighted by atomic mass is 9.98. The second-order valence-corrected chi connectivity index (χ2v) is 9.11. The number of benzene rings is 1. The third kappa shape index (κ3) is 3.33. The van der Waals surface area contributed by atoms with Crippen molar-refractivity contribution in [3.8, 4) is 5.75 Å². The van der Waals surface area contributed by atoms with Gasteiger partial charge in [0, 0.05) is 36.9 Å². The van der Waals surface area contributed by atoms with Gasteiger partial charge in [0.15, 0.2) is 0 Å². The lowest BCUT2D eigenvalue weighted by Crippen LogP contribution is -2.54. The molecule has 154 valence electrons. The molecule has 1 aromatic carbocycles. The molecular weight excluding hydrogens is 366 g/mol. The van der Waals surface area contributed by atoms with E-state index in [4.69, 9.17) is 4.74 Å². The highest BCUT2D eigenvalue weighted by molar-refractivity contribution is 6.01. The minimum absolute atomic E-state index is 0.0625. The van der Waals surface area contributed by atoms with E-state index < -0.39 is 6.04 Å². The van der Waals surface area contributed by atoms with Crippen LogP contribution in [-0.4, -0.2) is 52.9 Å². The number of nitrogens with zero attached hydrogens (tertiary/aromatic N) is 2. The Balaban J connectivity index is 1.29. The van der Waals surface area contributed by atoms with Crippen LogP contribution in [0.4, 0.5) is 0 Å². The van der Waals surface area contributed by atoms with Crippen LogP contribution in [0.15, 0.2) is 30.5 Å². The third-order valence-corrected chi connectivity index (χ3v) is 6.87. The van der Waals surface area contributed by atoms with Crippen LogP contribution in [0.2, 0.25) is 0 Å². The summed E-state index contributed by atoms with van der Waals surface area (Å²) in [6.45, 7) is 8.94. The lowest BCUT2D eigenvalue weighted by Gasteiger charge is -2.43. The maximum Gasteiger partial charge on any atom is 0.255 e. The zero-order valence-electron chi connectivity index (χ0n) is 17.0. The molecule has 3 fully saturated rings. The number of hydrogen-bond acceptors (Lipinski definition) is 4. The molecule has 2 amide bonds. The van der Waals surface area contributed by atoms with Gasteiger partial charge < -0.3 is 15.0 Å². The van der Waals surface area contributed by atoms with Crippen LogP contribution < -0.4 is 10.1 Å². The molecule has 1 aromatic rings. The lowest BCUT2D eigenvalue weighted by molar-refractivity contribution is -0.126. The molecule has 3 atom stereocenters. The van der Waals surface area contributed by atoms with Crippen LogP contribution in [0.3, 0.4) is 0 Å². The Labute approximate surface area is 171 Å². The minimum Gasteiger partial charge on any atom is -0.489 e. The second-order valence-electron chi connectivity index (χ2n) is 9.11. The van der Waals surface area contributed by atoms with Crippen LogP contribution in [0, 0.1) is 5.92 Å². The summed E-state index contributed by atoms with van der Waals surface area (Å²) in [5.74, 6) is 1.44. The molecule has 5 rings (SSSR count). The van der Waals surface area contributed by atoms with Gasteiger partial charge >= 0.3 is 0 Å². The molecule has 0 bridgehead atoms. The summed E-state index contributed by atoms with van der Waals surface area (Å²) in [5.41, 5.74) is 2.37. The molecule has 3 aliphatic heterocycles. The van der Waals surface area contributed by atoms with E-state index >= 15 is 0 Å². The van der Waals surface area contributed by atoms with Crippen molar-refractivity contribution in [2.75, 3.05) is 13.1 Å². The van der Waals surface area contributed by atoms with Gasteiger partial charge in [-0.15, -0.1) is 0 Å². The highest BCUT2D eigenvalue weighted by Gasteiger charge is 2.40. The van der Waals surface area contributed by atoms with Crippen molar-refractivity contribution in [2.24, 2.45) is 5.92 Å². The fraction of sp³-hybridized carbons (Fsp3) is 0.565. The number of amides is 2. The number of rotatable bonds is 4. The SMILES string of the molecule is C=C1CCC(N2Cc3cc(O[C@@H]4CCC[C@@H]4N4CC(C)C4)ccc3C2=O)C(=O)N1. The van der Waals surface area contributed by atoms with Crippen molar-refractivity contribution in [3.05, 3.63) is 41.6 Å². The molecule has 0 aromatic heterocycles. The first-order chi connectivity index (χ1) is 14.0. The van der Waals surface area contributed by atoms with Crippen molar-refractivity contribution in [2.45, 2.75) is 63.8 Å². The number of piperidine rings is 1. The zero-order chi connectivity index (χ0) is 20.1. The zero-order valence-corrected chi connectivity index (χ0v) is 17.0. The van der Waals surface area contributed by atoms with Gasteiger partial charge in [-0.2, -0.15) is 0 Å². The quantitative estimate of drug-likeness (QED) is 0.852. The highest BCUT2D eigenvalue weighted by Crippen LogP contribution is 2.35. The Hall–Kier alpha value is -2.34. The van der Waals surface area contributed by atoms with Gasteiger partial charge in [-0.1, -0.05) is 13.5 Å². The van der Waals surface area contributed by atoms with E-state index in [1.165, 1.54) is 25.9 Å². The molecule has 0 spiro atoms. The van der Waals surface area contributed by atoms with E-state index in [2.05, 4.69) is 23.7 Å². The first kappa shape index (κ1) is 18.7. The number of fused-ring (bicyclic) bond motifs is 1. The predicted octanol–water partition coefficient (Wildman–Crippen LogP) is 2.69. The Morgan fingerprint density at radius 2 is 2.00 bits per heavy atom. The maximum atomic E-state index is 12.9. The minimum atomic E-state index is -0.419. The summed E-state index contributed by atoms with van der Waals surface area (Å²) in [6, 6.07) is 5.87. The Morgan fingerprint density at radius 3 is 2.76 bits per heavy atom.